The highest BCUT2D eigenvalue weighted by atomic mass is 16.3. The van der Waals surface area contributed by atoms with E-state index in [4.69, 9.17) is 0 Å². The van der Waals surface area contributed by atoms with Crippen molar-refractivity contribution in [2.45, 2.75) is 25.5 Å². The number of aliphatic hydroxyl groups is 1. The molecule has 1 atom stereocenters. The highest BCUT2D eigenvalue weighted by molar-refractivity contribution is 5.94. The number of likely N-dealkylation sites (N-methyl/N-ethyl adjacent to an activating group) is 1. The third kappa shape index (κ3) is 3.51. The lowest BCUT2D eigenvalue weighted by atomic mass is 10.0. The molecule has 6 heteroatoms. The van der Waals surface area contributed by atoms with Crippen LogP contribution in [-0.2, 0) is 6.54 Å². The number of likely N-dealkylation sites (tertiary alicyclic amines) is 1. The molecule has 0 bridgehead atoms. The second kappa shape index (κ2) is 5.99. The summed E-state index contributed by atoms with van der Waals surface area (Å²) in [6.07, 6.45) is 2.20. The van der Waals surface area contributed by atoms with Gasteiger partial charge in [0.15, 0.2) is 0 Å². The SMILES string of the molecule is CCn1ccc(C(=O)N2CCC(O)(CN(C)C)C2)cc1=O. The smallest absolute Gasteiger partial charge is 0.254 e. The molecular formula is C15H23N3O3. The van der Waals surface area contributed by atoms with Crippen LogP contribution < -0.4 is 5.56 Å². The highest BCUT2D eigenvalue weighted by Crippen LogP contribution is 2.23. The Bertz CT molecular complexity index is 582. The Hall–Kier alpha value is -1.66. The maximum Gasteiger partial charge on any atom is 0.254 e. The Balaban J connectivity index is 2.11. The number of amides is 1. The fraction of sp³-hybridized carbons (Fsp3) is 0.600. The van der Waals surface area contributed by atoms with E-state index in [9.17, 15) is 14.7 Å². The Kier molecular flexibility index (Phi) is 4.49. The Labute approximate surface area is 124 Å². The zero-order valence-corrected chi connectivity index (χ0v) is 12.9. The van der Waals surface area contributed by atoms with Crippen molar-refractivity contribution in [3.63, 3.8) is 0 Å². The summed E-state index contributed by atoms with van der Waals surface area (Å²) in [4.78, 5) is 27.8. The van der Waals surface area contributed by atoms with Gasteiger partial charge in [0.1, 0.15) is 0 Å². The predicted molar refractivity (Wildman–Crippen MR) is 80.4 cm³/mol. The third-order valence-electron chi connectivity index (χ3n) is 3.81. The molecule has 1 aromatic rings. The minimum atomic E-state index is -0.864. The Morgan fingerprint density at radius 3 is 2.76 bits per heavy atom. The normalized spacial score (nSPS) is 22.0. The molecule has 2 rings (SSSR count). The van der Waals surface area contributed by atoms with Crippen LogP contribution in [0.4, 0.5) is 0 Å². The van der Waals surface area contributed by atoms with Gasteiger partial charge in [0.25, 0.3) is 11.5 Å². The van der Waals surface area contributed by atoms with Crippen molar-refractivity contribution >= 4 is 5.91 Å². The van der Waals surface area contributed by atoms with E-state index in [0.29, 0.717) is 38.2 Å². The predicted octanol–water partition coefficient (Wildman–Crippen LogP) is 0.00680. The number of aryl methyl sites for hydroxylation is 1. The van der Waals surface area contributed by atoms with E-state index in [1.165, 1.54) is 6.07 Å². The second-order valence-electron chi connectivity index (χ2n) is 5.98. The summed E-state index contributed by atoms with van der Waals surface area (Å²) in [7, 11) is 3.79. The molecule has 1 amide bonds. The maximum absolute atomic E-state index is 12.4. The third-order valence-corrected chi connectivity index (χ3v) is 3.81. The summed E-state index contributed by atoms with van der Waals surface area (Å²) < 4.78 is 1.54. The number of carbonyl (C=O) groups excluding carboxylic acids is 1. The molecule has 1 aliphatic heterocycles. The molecule has 1 unspecified atom stereocenters. The minimum Gasteiger partial charge on any atom is -0.387 e. The molecule has 1 aromatic heterocycles. The van der Waals surface area contributed by atoms with E-state index in [2.05, 4.69) is 0 Å². The lowest BCUT2D eigenvalue weighted by Crippen LogP contribution is -2.43. The fourth-order valence-electron chi connectivity index (χ4n) is 2.83. The monoisotopic (exact) mass is 293 g/mol. The first-order valence-corrected chi connectivity index (χ1v) is 7.21. The van der Waals surface area contributed by atoms with E-state index in [0.717, 1.165) is 0 Å². The number of β-amino-alcohol motifs (C(OH)–C–C–N with tert-alkyl or cyclic N) is 1. The minimum absolute atomic E-state index is 0.175. The van der Waals surface area contributed by atoms with Crippen LogP contribution in [0.5, 0.6) is 0 Å². The zero-order valence-electron chi connectivity index (χ0n) is 12.9. The van der Waals surface area contributed by atoms with Gasteiger partial charge in [-0.15, -0.1) is 0 Å². The lowest BCUT2D eigenvalue weighted by Gasteiger charge is -2.26. The van der Waals surface area contributed by atoms with Crippen LogP contribution in [0.1, 0.15) is 23.7 Å². The van der Waals surface area contributed by atoms with Crippen LogP contribution in [0.15, 0.2) is 23.1 Å². The summed E-state index contributed by atoms with van der Waals surface area (Å²) >= 11 is 0. The number of pyridine rings is 1. The topological polar surface area (TPSA) is 65.8 Å². The highest BCUT2D eigenvalue weighted by Gasteiger charge is 2.38. The molecule has 2 heterocycles. The number of rotatable bonds is 4. The maximum atomic E-state index is 12.4. The van der Waals surface area contributed by atoms with Gasteiger partial charge in [0.05, 0.1) is 12.1 Å². The van der Waals surface area contributed by atoms with Crippen LogP contribution >= 0.6 is 0 Å². The molecular weight excluding hydrogens is 270 g/mol. The van der Waals surface area contributed by atoms with Gasteiger partial charge in [-0.05, 0) is 33.5 Å². The van der Waals surface area contributed by atoms with Gasteiger partial charge in [0.2, 0.25) is 0 Å². The van der Waals surface area contributed by atoms with Gasteiger partial charge < -0.3 is 19.5 Å². The van der Waals surface area contributed by atoms with Crippen LogP contribution in [0.25, 0.3) is 0 Å². The summed E-state index contributed by atoms with van der Waals surface area (Å²) in [5, 5.41) is 10.5. The number of carbonyl (C=O) groups is 1. The van der Waals surface area contributed by atoms with Gasteiger partial charge in [-0.25, -0.2) is 0 Å². The molecule has 1 aliphatic rings. The molecule has 1 fully saturated rings. The molecule has 0 aliphatic carbocycles. The molecule has 1 N–H and O–H groups in total. The first-order chi connectivity index (χ1) is 9.84. The van der Waals surface area contributed by atoms with Crippen molar-refractivity contribution in [2.75, 3.05) is 33.7 Å². The Morgan fingerprint density at radius 1 is 1.48 bits per heavy atom. The Morgan fingerprint density at radius 2 is 2.19 bits per heavy atom. The molecule has 116 valence electrons. The number of hydrogen-bond donors (Lipinski definition) is 1. The van der Waals surface area contributed by atoms with Crippen molar-refractivity contribution in [3.8, 4) is 0 Å². The molecule has 0 saturated carbocycles. The average molecular weight is 293 g/mol. The van der Waals surface area contributed by atoms with Gasteiger partial charge in [-0.3, -0.25) is 9.59 Å². The molecule has 1 saturated heterocycles. The van der Waals surface area contributed by atoms with Crippen LogP contribution in [0.2, 0.25) is 0 Å². The lowest BCUT2D eigenvalue weighted by molar-refractivity contribution is 0.0236. The quantitative estimate of drug-likeness (QED) is 0.849. The van der Waals surface area contributed by atoms with E-state index < -0.39 is 5.60 Å². The summed E-state index contributed by atoms with van der Waals surface area (Å²) in [6.45, 7) is 3.81. The standard InChI is InChI=1S/C15H23N3O3/c1-4-17-7-5-12(9-13(17)19)14(20)18-8-6-15(21,11-18)10-16(2)3/h5,7,9,21H,4,6,8,10-11H2,1-3H3. The number of nitrogens with zero attached hydrogens (tertiary/aromatic N) is 3. The second-order valence-corrected chi connectivity index (χ2v) is 5.98. The van der Waals surface area contributed by atoms with Crippen molar-refractivity contribution in [1.29, 1.82) is 0 Å². The van der Waals surface area contributed by atoms with Gasteiger partial charge >= 0.3 is 0 Å². The van der Waals surface area contributed by atoms with Crippen molar-refractivity contribution in [1.82, 2.24) is 14.4 Å². The number of aromatic nitrogens is 1. The van der Waals surface area contributed by atoms with Crippen LogP contribution in [0, 0.1) is 0 Å². The van der Waals surface area contributed by atoms with Crippen molar-refractivity contribution < 1.29 is 9.90 Å². The summed E-state index contributed by atoms with van der Waals surface area (Å²) in [5.41, 5.74) is -0.651. The summed E-state index contributed by atoms with van der Waals surface area (Å²) in [6, 6.07) is 3.03. The van der Waals surface area contributed by atoms with Gasteiger partial charge in [0, 0.05) is 37.5 Å². The largest absolute Gasteiger partial charge is 0.387 e. The van der Waals surface area contributed by atoms with Crippen molar-refractivity contribution in [3.05, 3.63) is 34.2 Å². The molecule has 0 radical (unpaired) electrons. The first-order valence-electron chi connectivity index (χ1n) is 7.21. The first kappa shape index (κ1) is 15.7. The molecule has 21 heavy (non-hydrogen) atoms. The summed E-state index contributed by atoms with van der Waals surface area (Å²) in [5.74, 6) is -0.190. The molecule has 0 spiro atoms. The van der Waals surface area contributed by atoms with Crippen LogP contribution in [0.3, 0.4) is 0 Å². The van der Waals surface area contributed by atoms with E-state index in [-0.39, 0.29) is 11.5 Å². The zero-order chi connectivity index (χ0) is 15.6. The molecule has 6 nitrogen and oxygen atoms in total. The fourth-order valence-corrected chi connectivity index (χ4v) is 2.83. The van der Waals surface area contributed by atoms with E-state index in [1.807, 2.05) is 25.9 Å². The van der Waals surface area contributed by atoms with Crippen LogP contribution in [-0.4, -0.2) is 64.7 Å². The van der Waals surface area contributed by atoms with Crippen molar-refractivity contribution in [2.24, 2.45) is 0 Å². The van der Waals surface area contributed by atoms with Gasteiger partial charge in [-0.1, -0.05) is 0 Å². The van der Waals surface area contributed by atoms with E-state index >= 15 is 0 Å². The van der Waals surface area contributed by atoms with Gasteiger partial charge in [-0.2, -0.15) is 0 Å². The average Bonchev–Trinajstić information content (AvgIpc) is 2.79. The number of hydrogen-bond acceptors (Lipinski definition) is 4. The molecule has 0 aromatic carbocycles. The van der Waals surface area contributed by atoms with E-state index in [1.54, 1.807) is 21.7 Å².